The number of nitrogens with zero attached hydrogens (tertiary/aromatic N) is 4. The zero-order chi connectivity index (χ0) is 13.2. The fourth-order valence-electron chi connectivity index (χ4n) is 1.91. The van der Waals surface area contributed by atoms with Crippen LogP contribution >= 0.6 is 0 Å². The van der Waals surface area contributed by atoms with Crippen LogP contribution in [0.25, 0.3) is 5.65 Å². The maximum absolute atomic E-state index is 10.2. The molecule has 0 spiro atoms. The molecule has 2 rings (SSSR count). The Kier molecular flexibility index (Phi) is 3.49. The van der Waals surface area contributed by atoms with Gasteiger partial charge in [0.1, 0.15) is 0 Å². The molecule has 2 heterocycles. The van der Waals surface area contributed by atoms with Crippen molar-refractivity contribution >= 4 is 11.6 Å². The molecule has 0 fully saturated rings. The first-order valence-corrected chi connectivity index (χ1v) is 5.89. The zero-order valence-corrected chi connectivity index (χ0v) is 11.0. The largest absolute Gasteiger partial charge is 0.387 e. The zero-order valence-electron chi connectivity index (χ0n) is 11.0. The van der Waals surface area contributed by atoms with Crippen molar-refractivity contribution in [2.75, 3.05) is 32.5 Å². The number of hydrogen-bond donors (Lipinski definition) is 2. The molecular formula is C12H19N5O. The van der Waals surface area contributed by atoms with E-state index in [1.807, 2.05) is 43.4 Å². The molecule has 0 saturated heterocycles. The summed E-state index contributed by atoms with van der Waals surface area (Å²) in [7, 11) is 3.86. The highest BCUT2D eigenvalue weighted by Crippen LogP contribution is 2.08. The molecule has 0 amide bonds. The van der Waals surface area contributed by atoms with Gasteiger partial charge in [0.15, 0.2) is 5.65 Å². The Morgan fingerprint density at radius 3 is 2.89 bits per heavy atom. The molecule has 0 aliphatic rings. The van der Waals surface area contributed by atoms with E-state index in [2.05, 4.69) is 15.4 Å². The van der Waals surface area contributed by atoms with E-state index in [9.17, 15) is 5.11 Å². The lowest BCUT2D eigenvalue weighted by Gasteiger charge is -2.26. The number of aromatic nitrogens is 3. The van der Waals surface area contributed by atoms with Crippen molar-refractivity contribution in [3.63, 3.8) is 0 Å². The van der Waals surface area contributed by atoms with Crippen molar-refractivity contribution < 1.29 is 5.11 Å². The number of nitrogens with one attached hydrogen (secondary N) is 1. The SMILES string of the molecule is CN(C)CC(C)(O)CNc1nc2ccccn2n1. The highest BCUT2D eigenvalue weighted by atomic mass is 16.3. The first-order valence-electron chi connectivity index (χ1n) is 5.89. The van der Waals surface area contributed by atoms with E-state index in [-0.39, 0.29) is 0 Å². The van der Waals surface area contributed by atoms with E-state index < -0.39 is 5.60 Å². The van der Waals surface area contributed by atoms with Gasteiger partial charge < -0.3 is 15.3 Å². The van der Waals surface area contributed by atoms with Crippen molar-refractivity contribution in [3.8, 4) is 0 Å². The van der Waals surface area contributed by atoms with Gasteiger partial charge in [0.05, 0.1) is 5.60 Å². The fraction of sp³-hybridized carbons (Fsp3) is 0.500. The average molecular weight is 249 g/mol. The van der Waals surface area contributed by atoms with Gasteiger partial charge in [-0.15, -0.1) is 5.10 Å². The number of rotatable bonds is 5. The van der Waals surface area contributed by atoms with Crippen molar-refractivity contribution in [1.29, 1.82) is 0 Å². The van der Waals surface area contributed by atoms with E-state index in [1.165, 1.54) is 0 Å². The molecule has 2 aromatic heterocycles. The molecule has 18 heavy (non-hydrogen) atoms. The average Bonchev–Trinajstić information content (AvgIpc) is 2.67. The number of pyridine rings is 1. The topological polar surface area (TPSA) is 65.7 Å². The van der Waals surface area contributed by atoms with Gasteiger partial charge in [-0.3, -0.25) is 0 Å². The summed E-state index contributed by atoms with van der Waals surface area (Å²) < 4.78 is 1.70. The van der Waals surface area contributed by atoms with Crippen molar-refractivity contribution in [2.24, 2.45) is 0 Å². The second kappa shape index (κ2) is 4.91. The van der Waals surface area contributed by atoms with Gasteiger partial charge in [0, 0.05) is 19.3 Å². The van der Waals surface area contributed by atoms with Crippen LogP contribution in [-0.4, -0.2) is 57.4 Å². The minimum Gasteiger partial charge on any atom is -0.387 e. The van der Waals surface area contributed by atoms with Gasteiger partial charge in [-0.2, -0.15) is 4.98 Å². The van der Waals surface area contributed by atoms with Crippen LogP contribution in [0.1, 0.15) is 6.92 Å². The molecule has 98 valence electrons. The summed E-state index contributed by atoms with van der Waals surface area (Å²) in [6, 6.07) is 5.69. The molecule has 6 nitrogen and oxygen atoms in total. The highest BCUT2D eigenvalue weighted by molar-refractivity contribution is 5.42. The monoisotopic (exact) mass is 249 g/mol. The predicted molar refractivity (Wildman–Crippen MR) is 70.7 cm³/mol. The minimum atomic E-state index is -0.818. The Balaban J connectivity index is 2.01. The van der Waals surface area contributed by atoms with Crippen LogP contribution in [0.2, 0.25) is 0 Å². The molecule has 0 aliphatic heterocycles. The molecule has 6 heteroatoms. The second-order valence-electron chi connectivity index (χ2n) is 5.03. The van der Waals surface area contributed by atoms with E-state index in [0.717, 1.165) is 5.65 Å². The number of hydrogen-bond acceptors (Lipinski definition) is 5. The summed E-state index contributed by atoms with van der Waals surface area (Å²) in [6.07, 6.45) is 1.84. The fourth-order valence-corrected chi connectivity index (χ4v) is 1.91. The van der Waals surface area contributed by atoms with Crippen LogP contribution in [0, 0.1) is 0 Å². The first-order chi connectivity index (χ1) is 8.46. The van der Waals surface area contributed by atoms with Crippen LogP contribution in [-0.2, 0) is 0 Å². The van der Waals surface area contributed by atoms with Gasteiger partial charge in [0.25, 0.3) is 0 Å². The van der Waals surface area contributed by atoms with Crippen molar-refractivity contribution in [3.05, 3.63) is 24.4 Å². The third kappa shape index (κ3) is 3.18. The molecule has 1 atom stereocenters. The summed E-state index contributed by atoms with van der Waals surface area (Å²) >= 11 is 0. The predicted octanol–water partition coefficient (Wildman–Crippen LogP) is 0.454. The summed E-state index contributed by atoms with van der Waals surface area (Å²) in [5, 5.41) is 17.5. The summed E-state index contributed by atoms with van der Waals surface area (Å²) in [6.45, 7) is 2.77. The van der Waals surface area contributed by atoms with Gasteiger partial charge in [0.2, 0.25) is 5.95 Å². The summed E-state index contributed by atoms with van der Waals surface area (Å²) in [4.78, 5) is 6.25. The van der Waals surface area contributed by atoms with Gasteiger partial charge in [-0.05, 0) is 33.2 Å². The summed E-state index contributed by atoms with van der Waals surface area (Å²) in [5.41, 5.74) is -0.0340. The van der Waals surface area contributed by atoms with Gasteiger partial charge in [-0.1, -0.05) is 6.07 Å². The Labute approximate surface area is 106 Å². The Morgan fingerprint density at radius 1 is 1.44 bits per heavy atom. The molecule has 0 aliphatic carbocycles. The van der Waals surface area contributed by atoms with Crippen LogP contribution in [0.15, 0.2) is 24.4 Å². The smallest absolute Gasteiger partial charge is 0.243 e. The minimum absolute atomic E-state index is 0.405. The van der Waals surface area contributed by atoms with Crippen molar-refractivity contribution in [1.82, 2.24) is 19.5 Å². The number of likely N-dealkylation sites (N-methyl/N-ethyl adjacent to an activating group) is 1. The van der Waals surface area contributed by atoms with Crippen LogP contribution in [0.3, 0.4) is 0 Å². The molecule has 0 saturated carbocycles. The normalized spacial score (nSPS) is 14.9. The quantitative estimate of drug-likeness (QED) is 0.805. The summed E-state index contributed by atoms with van der Waals surface area (Å²) in [5.74, 6) is 0.528. The van der Waals surface area contributed by atoms with Crippen LogP contribution < -0.4 is 5.32 Å². The number of fused-ring (bicyclic) bond motifs is 1. The second-order valence-corrected chi connectivity index (χ2v) is 5.03. The number of aliphatic hydroxyl groups is 1. The molecule has 0 aromatic carbocycles. The van der Waals surface area contributed by atoms with Gasteiger partial charge in [-0.25, -0.2) is 4.52 Å². The maximum atomic E-state index is 10.2. The van der Waals surface area contributed by atoms with Gasteiger partial charge >= 0.3 is 0 Å². The lowest BCUT2D eigenvalue weighted by Crippen LogP contribution is -2.43. The lowest BCUT2D eigenvalue weighted by atomic mass is 10.1. The third-order valence-electron chi connectivity index (χ3n) is 2.53. The maximum Gasteiger partial charge on any atom is 0.243 e. The van der Waals surface area contributed by atoms with Crippen LogP contribution in [0.5, 0.6) is 0 Å². The molecular weight excluding hydrogens is 230 g/mol. The molecule has 2 aromatic rings. The van der Waals surface area contributed by atoms with E-state index in [4.69, 9.17) is 0 Å². The lowest BCUT2D eigenvalue weighted by molar-refractivity contribution is 0.0458. The van der Waals surface area contributed by atoms with E-state index in [1.54, 1.807) is 11.4 Å². The molecule has 0 bridgehead atoms. The first kappa shape index (κ1) is 12.8. The highest BCUT2D eigenvalue weighted by Gasteiger charge is 2.21. The molecule has 0 radical (unpaired) electrons. The Bertz CT molecular complexity index is 487. The van der Waals surface area contributed by atoms with E-state index >= 15 is 0 Å². The van der Waals surface area contributed by atoms with E-state index in [0.29, 0.717) is 19.0 Å². The standard InChI is InChI=1S/C12H19N5O/c1-12(18,9-16(2)3)8-13-11-14-10-6-4-5-7-17(10)15-11/h4-7,18H,8-9H2,1-3H3,(H,13,15). The number of anilines is 1. The molecule has 1 unspecified atom stereocenters. The van der Waals surface area contributed by atoms with Crippen molar-refractivity contribution in [2.45, 2.75) is 12.5 Å². The Morgan fingerprint density at radius 2 is 2.22 bits per heavy atom. The third-order valence-corrected chi connectivity index (χ3v) is 2.53. The molecule has 2 N–H and O–H groups in total. The van der Waals surface area contributed by atoms with Crippen LogP contribution in [0.4, 0.5) is 5.95 Å². The Hall–Kier alpha value is -1.66.